The van der Waals surface area contributed by atoms with Crippen LogP contribution in [0.3, 0.4) is 0 Å². The fourth-order valence-corrected chi connectivity index (χ4v) is 3.87. The van der Waals surface area contributed by atoms with E-state index in [0.29, 0.717) is 0 Å². The monoisotopic (exact) mass is 380 g/mol. The summed E-state index contributed by atoms with van der Waals surface area (Å²) in [7, 11) is 0. The highest BCUT2D eigenvalue weighted by Gasteiger charge is 2.22. The summed E-state index contributed by atoms with van der Waals surface area (Å²) < 4.78 is 11.6. The van der Waals surface area contributed by atoms with E-state index in [1.54, 1.807) is 0 Å². The number of carbonyl (C=O) groups is 1. The van der Waals surface area contributed by atoms with E-state index in [9.17, 15) is 4.79 Å². The summed E-state index contributed by atoms with van der Waals surface area (Å²) in [5.41, 5.74) is 2.48. The fourth-order valence-electron chi connectivity index (χ4n) is 3.87. The van der Waals surface area contributed by atoms with E-state index < -0.39 is 0 Å². The summed E-state index contributed by atoms with van der Waals surface area (Å²) in [6, 6.07) is 18.5. The molecule has 0 aromatic heterocycles. The zero-order valence-corrected chi connectivity index (χ0v) is 16.3. The van der Waals surface area contributed by atoms with E-state index in [-0.39, 0.29) is 18.6 Å². The number of carbonyl (C=O) groups excluding carboxylic acids is 1. The van der Waals surface area contributed by atoms with Gasteiger partial charge in [-0.3, -0.25) is 9.69 Å². The van der Waals surface area contributed by atoms with Crippen LogP contribution in [0.15, 0.2) is 54.6 Å². The summed E-state index contributed by atoms with van der Waals surface area (Å²) in [6.45, 7) is 5.33. The van der Waals surface area contributed by atoms with Crippen LogP contribution in [0, 0.1) is 0 Å². The predicted molar refractivity (Wildman–Crippen MR) is 108 cm³/mol. The van der Waals surface area contributed by atoms with Crippen LogP contribution in [0.5, 0.6) is 5.75 Å². The topological polar surface area (TPSA) is 42.0 Å². The second-order valence-corrected chi connectivity index (χ2v) is 7.53. The third-order valence-corrected chi connectivity index (χ3v) is 5.47. The third-order valence-electron chi connectivity index (χ3n) is 5.47. The number of hydrogen-bond donors (Lipinski definition) is 0. The van der Waals surface area contributed by atoms with Crippen LogP contribution in [0.2, 0.25) is 0 Å². The Morgan fingerprint density at radius 1 is 1.00 bits per heavy atom. The van der Waals surface area contributed by atoms with Gasteiger partial charge < -0.3 is 14.4 Å². The first kappa shape index (κ1) is 19.0. The normalized spacial score (nSPS) is 20.3. The van der Waals surface area contributed by atoms with Crippen LogP contribution in [0.25, 0.3) is 0 Å². The maximum atomic E-state index is 12.1. The van der Waals surface area contributed by atoms with Crippen molar-refractivity contribution in [3.63, 3.8) is 0 Å². The highest BCUT2D eigenvalue weighted by molar-refractivity contribution is 5.78. The Morgan fingerprint density at radius 2 is 1.75 bits per heavy atom. The summed E-state index contributed by atoms with van der Waals surface area (Å²) in [5, 5.41) is 0. The Hall–Kier alpha value is -2.37. The van der Waals surface area contributed by atoms with Crippen LogP contribution in [0.4, 0.5) is 0 Å². The van der Waals surface area contributed by atoms with E-state index in [1.165, 1.54) is 11.1 Å². The molecule has 0 aliphatic carbocycles. The number of nitrogens with zero attached hydrogens (tertiary/aromatic N) is 2. The van der Waals surface area contributed by atoms with Crippen LogP contribution < -0.4 is 4.74 Å². The number of likely N-dealkylation sites (tertiary alicyclic amines) is 1. The highest BCUT2D eigenvalue weighted by Crippen LogP contribution is 2.23. The molecule has 1 atom stereocenters. The smallest absolute Gasteiger partial charge is 0.260 e. The number of hydrogen-bond acceptors (Lipinski definition) is 4. The minimum Gasteiger partial charge on any atom is -0.484 e. The molecule has 0 N–H and O–H groups in total. The molecular weight excluding hydrogens is 352 g/mol. The van der Waals surface area contributed by atoms with Gasteiger partial charge in [-0.15, -0.1) is 0 Å². The van der Waals surface area contributed by atoms with E-state index >= 15 is 0 Å². The van der Waals surface area contributed by atoms with E-state index in [0.717, 1.165) is 57.9 Å². The van der Waals surface area contributed by atoms with Gasteiger partial charge in [0.2, 0.25) is 0 Å². The highest BCUT2D eigenvalue weighted by atomic mass is 16.5. The maximum absolute atomic E-state index is 12.1. The summed E-state index contributed by atoms with van der Waals surface area (Å²) in [6.07, 6.45) is 2.34. The lowest BCUT2D eigenvalue weighted by Crippen LogP contribution is -2.37. The Morgan fingerprint density at radius 3 is 2.50 bits per heavy atom. The van der Waals surface area contributed by atoms with Gasteiger partial charge in [0, 0.05) is 32.7 Å². The molecule has 0 radical (unpaired) electrons. The SMILES string of the molecule is O=C(COc1ccc(CN2CCO[C@H](c3ccccc3)C2)cc1)N1CCCC1. The van der Waals surface area contributed by atoms with Gasteiger partial charge in [0.25, 0.3) is 5.91 Å². The molecule has 0 unspecified atom stereocenters. The molecule has 0 bridgehead atoms. The quantitative estimate of drug-likeness (QED) is 0.771. The van der Waals surface area contributed by atoms with E-state index in [1.807, 2.05) is 23.1 Å². The average molecular weight is 380 g/mol. The molecule has 4 rings (SSSR count). The Kier molecular flexibility index (Phi) is 6.24. The van der Waals surface area contributed by atoms with Crippen LogP contribution >= 0.6 is 0 Å². The first-order chi connectivity index (χ1) is 13.8. The molecule has 0 spiro atoms. The molecule has 1 amide bonds. The van der Waals surface area contributed by atoms with Crippen molar-refractivity contribution in [3.05, 3.63) is 65.7 Å². The van der Waals surface area contributed by atoms with Crippen molar-refractivity contribution in [2.24, 2.45) is 0 Å². The predicted octanol–water partition coefficient (Wildman–Crippen LogP) is 3.26. The Bertz CT molecular complexity index is 757. The molecule has 0 saturated carbocycles. The first-order valence-corrected chi connectivity index (χ1v) is 10.2. The van der Waals surface area contributed by atoms with Gasteiger partial charge in [0.1, 0.15) is 5.75 Å². The number of rotatable bonds is 6. The average Bonchev–Trinajstić information content (AvgIpc) is 3.29. The van der Waals surface area contributed by atoms with Gasteiger partial charge in [0.05, 0.1) is 12.7 Å². The first-order valence-electron chi connectivity index (χ1n) is 10.2. The van der Waals surface area contributed by atoms with Crippen LogP contribution in [0.1, 0.15) is 30.1 Å². The largest absolute Gasteiger partial charge is 0.484 e. The molecule has 2 aliphatic heterocycles. The summed E-state index contributed by atoms with van der Waals surface area (Å²) >= 11 is 0. The van der Waals surface area contributed by atoms with E-state index in [2.05, 4.69) is 41.3 Å². The molecule has 28 heavy (non-hydrogen) atoms. The molecule has 5 nitrogen and oxygen atoms in total. The van der Waals surface area contributed by atoms with Crippen molar-refractivity contribution in [1.29, 1.82) is 0 Å². The summed E-state index contributed by atoms with van der Waals surface area (Å²) in [5.74, 6) is 0.835. The molecule has 2 aromatic carbocycles. The standard InChI is InChI=1S/C23H28N2O3/c26-23(25-12-4-5-13-25)18-28-21-10-8-19(9-11-21)16-24-14-15-27-22(17-24)20-6-2-1-3-7-20/h1-3,6-11,22H,4-5,12-18H2/t22-/m0/s1. The van der Waals surface area contributed by atoms with Crippen molar-refractivity contribution in [1.82, 2.24) is 9.80 Å². The second-order valence-electron chi connectivity index (χ2n) is 7.53. The number of ether oxygens (including phenoxy) is 2. The molecule has 2 heterocycles. The maximum Gasteiger partial charge on any atom is 0.260 e. The lowest BCUT2D eigenvalue weighted by molar-refractivity contribution is -0.132. The Balaban J connectivity index is 1.27. The minimum atomic E-state index is 0.0850. The van der Waals surface area contributed by atoms with Crippen molar-refractivity contribution >= 4 is 5.91 Å². The third kappa shape index (κ3) is 4.91. The molecule has 2 fully saturated rings. The molecular formula is C23H28N2O3. The van der Waals surface area contributed by atoms with Crippen LogP contribution in [-0.2, 0) is 16.1 Å². The lowest BCUT2D eigenvalue weighted by atomic mass is 10.1. The van der Waals surface area contributed by atoms with Gasteiger partial charge >= 0.3 is 0 Å². The molecule has 2 saturated heterocycles. The van der Waals surface area contributed by atoms with Gasteiger partial charge in [-0.25, -0.2) is 0 Å². The van der Waals surface area contributed by atoms with Crippen molar-refractivity contribution < 1.29 is 14.3 Å². The van der Waals surface area contributed by atoms with Crippen molar-refractivity contribution in [3.8, 4) is 5.75 Å². The zero-order chi connectivity index (χ0) is 19.2. The van der Waals surface area contributed by atoms with E-state index in [4.69, 9.17) is 9.47 Å². The fraction of sp³-hybridized carbons (Fsp3) is 0.435. The van der Waals surface area contributed by atoms with Crippen molar-refractivity contribution in [2.45, 2.75) is 25.5 Å². The van der Waals surface area contributed by atoms with Gasteiger partial charge in [-0.1, -0.05) is 42.5 Å². The molecule has 2 aromatic rings. The molecule has 5 heteroatoms. The Labute approximate surface area is 166 Å². The molecule has 2 aliphatic rings. The minimum absolute atomic E-state index is 0.0850. The van der Waals surface area contributed by atoms with Crippen molar-refractivity contribution in [2.75, 3.05) is 39.4 Å². The number of morpholine rings is 1. The summed E-state index contributed by atoms with van der Waals surface area (Å²) in [4.78, 5) is 16.4. The zero-order valence-electron chi connectivity index (χ0n) is 16.3. The van der Waals surface area contributed by atoms with Gasteiger partial charge in [0.15, 0.2) is 6.61 Å². The second kappa shape index (κ2) is 9.22. The van der Waals surface area contributed by atoms with Crippen LogP contribution in [-0.4, -0.2) is 55.1 Å². The van der Waals surface area contributed by atoms with Gasteiger partial charge in [-0.2, -0.15) is 0 Å². The lowest BCUT2D eigenvalue weighted by Gasteiger charge is -2.33. The number of amides is 1. The van der Waals surface area contributed by atoms with Gasteiger partial charge in [-0.05, 0) is 36.1 Å². The number of benzene rings is 2. The molecule has 148 valence electrons.